The average molecular weight is 326 g/mol. The third-order valence-corrected chi connectivity index (χ3v) is 3.56. The average Bonchev–Trinajstić information content (AvgIpc) is 2.39. The van der Waals surface area contributed by atoms with Crippen molar-refractivity contribution in [1.29, 1.82) is 0 Å². The Kier molecular flexibility index (Phi) is 4.66. The molecule has 1 unspecified atom stereocenters. The van der Waals surface area contributed by atoms with Gasteiger partial charge in [0.1, 0.15) is 11.6 Å². The summed E-state index contributed by atoms with van der Waals surface area (Å²) >= 11 is 3.22. The lowest BCUT2D eigenvalue weighted by molar-refractivity contribution is 0.519. The number of rotatable bonds is 4. The number of benzene rings is 2. The highest BCUT2D eigenvalue weighted by molar-refractivity contribution is 9.10. The summed E-state index contributed by atoms with van der Waals surface area (Å²) in [5.41, 5.74) is 1.11. The maximum atomic E-state index is 13.8. The molecule has 0 aliphatic rings. The van der Waals surface area contributed by atoms with E-state index in [-0.39, 0.29) is 17.7 Å². The van der Waals surface area contributed by atoms with Gasteiger partial charge < -0.3 is 5.32 Å². The highest BCUT2D eigenvalue weighted by atomic mass is 79.9. The van der Waals surface area contributed by atoms with Crippen LogP contribution in [0.5, 0.6) is 0 Å². The molecular formula is C15H14BrF2N. The lowest BCUT2D eigenvalue weighted by Crippen LogP contribution is -2.20. The monoisotopic (exact) mass is 325 g/mol. The van der Waals surface area contributed by atoms with Crippen LogP contribution in [0.15, 0.2) is 46.9 Å². The quantitative estimate of drug-likeness (QED) is 0.887. The standard InChI is InChI=1S/C15H14BrF2N/c1-19-15(12-4-2-3-5-13(12)17)8-10-6-7-11(16)9-14(10)18/h2-7,9,15,19H,8H2,1H3. The molecule has 0 spiro atoms. The summed E-state index contributed by atoms with van der Waals surface area (Å²) in [6.45, 7) is 0. The van der Waals surface area contributed by atoms with Gasteiger partial charge in [0.05, 0.1) is 0 Å². The Labute approximate surface area is 119 Å². The second-order valence-corrected chi connectivity index (χ2v) is 5.22. The molecule has 0 heterocycles. The van der Waals surface area contributed by atoms with Gasteiger partial charge >= 0.3 is 0 Å². The van der Waals surface area contributed by atoms with Crippen LogP contribution < -0.4 is 5.32 Å². The van der Waals surface area contributed by atoms with Gasteiger partial charge in [0.2, 0.25) is 0 Å². The number of halogens is 3. The van der Waals surface area contributed by atoms with Crippen LogP contribution in [0, 0.1) is 11.6 Å². The topological polar surface area (TPSA) is 12.0 Å². The van der Waals surface area contributed by atoms with Gasteiger partial charge in [0, 0.05) is 16.1 Å². The van der Waals surface area contributed by atoms with Crippen LogP contribution in [-0.4, -0.2) is 7.05 Å². The minimum Gasteiger partial charge on any atom is -0.313 e. The first-order chi connectivity index (χ1) is 9.11. The molecule has 0 bridgehead atoms. The van der Waals surface area contributed by atoms with Gasteiger partial charge in [-0.05, 0) is 37.2 Å². The molecule has 100 valence electrons. The molecule has 0 aromatic heterocycles. The Bertz CT molecular complexity index is 572. The third-order valence-electron chi connectivity index (χ3n) is 3.07. The lowest BCUT2D eigenvalue weighted by atomic mass is 9.98. The van der Waals surface area contributed by atoms with E-state index in [1.54, 1.807) is 37.4 Å². The molecule has 1 nitrogen and oxygen atoms in total. The summed E-state index contributed by atoms with van der Waals surface area (Å²) in [5.74, 6) is -0.565. The summed E-state index contributed by atoms with van der Waals surface area (Å²) < 4.78 is 28.3. The predicted octanol–water partition coefficient (Wildman–Crippen LogP) is 4.23. The van der Waals surface area contributed by atoms with Crippen molar-refractivity contribution in [2.45, 2.75) is 12.5 Å². The molecule has 0 saturated carbocycles. The Morgan fingerprint density at radius 2 is 1.84 bits per heavy atom. The molecule has 19 heavy (non-hydrogen) atoms. The molecule has 2 aromatic rings. The molecule has 1 N–H and O–H groups in total. The van der Waals surface area contributed by atoms with Gasteiger partial charge in [-0.15, -0.1) is 0 Å². The van der Waals surface area contributed by atoms with E-state index in [0.29, 0.717) is 22.0 Å². The van der Waals surface area contributed by atoms with Crippen molar-refractivity contribution in [3.05, 3.63) is 69.7 Å². The van der Waals surface area contributed by atoms with Crippen molar-refractivity contribution < 1.29 is 8.78 Å². The fourth-order valence-corrected chi connectivity index (χ4v) is 2.37. The van der Waals surface area contributed by atoms with Crippen LogP contribution in [0.3, 0.4) is 0 Å². The van der Waals surface area contributed by atoms with E-state index in [9.17, 15) is 8.78 Å². The van der Waals surface area contributed by atoms with Crippen molar-refractivity contribution in [3.63, 3.8) is 0 Å². The molecule has 0 aliphatic carbocycles. The fraction of sp³-hybridized carbons (Fsp3) is 0.200. The summed E-state index contributed by atoms with van der Waals surface area (Å²) in [4.78, 5) is 0. The van der Waals surface area contributed by atoms with Crippen LogP contribution in [0.2, 0.25) is 0 Å². The molecular weight excluding hydrogens is 312 g/mol. The number of hydrogen-bond acceptors (Lipinski definition) is 1. The predicted molar refractivity (Wildman–Crippen MR) is 76.0 cm³/mol. The Morgan fingerprint density at radius 3 is 2.47 bits per heavy atom. The maximum absolute atomic E-state index is 13.8. The van der Waals surface area contributed by atoms with E-state index in [2.05, 4.69) is 21.2 Å². The minimum atomic E-state index is -0.286. The summed E-state index contributed by atoms with van der Waals surface area (Å²) in [6, 6.07) is 11.2. The van der Waals surface area contributed by atoms with Crippen LogP contribution in [0.25, 0.3) is 0 Å². The molecule has 2 aromatic carbocycles. The van der Waals surface area contributed by atoms with Gasteiger partial charge in [-0.1, -0.05) is 40.2 Å². The van der Waals surface area contributed by atoms with Gasteiger partial charge in [-0.2, -0.15) is 0 Å². The first kappa shape index (κ1) is 14.2. The Hall–Kier alpha value is -1.26. The SMILES string of the molecule is CNC(Cc1ccc(Br)cc1F)c1ccccc1F. The highest BCUT2D eigenvalue weighted by Gasteiger charge is 2.16. The van der Waals surface area contributed by atoms with E-state index in [0.717, 1.165) is 0 Å². The second-order valence-electron chi connectivity index (χ2n) is 4.30. The molecule has 2 rings (SSSR count). The molecule has 0 saturated heterocycles. The molecule has 0 radical (unpaired) electrons. The molecule has 0 amide bonds. The minimum absolute atomic E-state index is 0.253. The zero-order chi connectivity index (χ0) is 13.8. The molecule has 1 atom stereocenters. The van der Waals surface area contributed by atoms with Crippen molar-refractivity contribution in [3.8, 4) is 0 Å². The van der Waals surface area contributed by atoms with Crippen molar-refractivity contribution in [2.24, 2.45) is 0 Å². The summed E-state index contributed by atoms with van der Waals surface area (Å²) in [6.07, 6.45) is 0.399. The fourth-order valence-electron chi connectivity index (χ4n) is 2.03. The Balaban J connectivity index is 2.27. The van der Waals surface area contributed by atoms with E-state index < -0.39 is 0 Å². The summed E-state index contributed by atoms with van der Waals surface area (Å²) in [7, 11) is 1.74. The van der Waals surface area contributed by atoms with Gasteiger partial charge in [-0.25, -0.2) is 8.78 Å². The van der Waals surface area contributed by atoms with E-state index in [1.165, 1.54) is 12.1 Å². The largest absolute Gasteiger partial charge is 0.313 e. The first-order valence-corrected chi connectivity index (χ1v) is 6.76. The lowest BCUT2D eigenvalue weighted by Gasteiger charge is -2.18. The second kappa shape index (κ2) is 6.26. The molecule has 4 heteroatoms. The van der Waals surface area contributed by atoms with Crippen LogP contribution in [0.1, 0.15) is 17.2 Å². The van der Waals surface area contributed by atoms with Crippen molar-refractivity contribution in [2.75, 3.05) is 7.05 Å². The van der Waals surface area contributed by atoms with Gasteiger partial charge in [0.25, 0.3) is 0 Å². The number of hydrogen-bond donors (Lipinski definition) is 1. The molecule has 0 fully saturated rings. The molecule has 0 aliphatic heterocycles. The maximum Gasteiger partial charge on any atom is 0.127 e. The van der Waals surface area contributed by atoms with E-state index in [1.807, 2.05) is 0 Å². The zero-order valence-corrected chi connectivity index (χ0v) is 12.0. The smallest absolute Gasteiger partial charge is 0.127 e. The zero-order valence-electron chi connectivity index (χ0n) is 10.5. The number of nitrogens with one attached hydrogen (secondary N) is 1. The third kappa shape index (κ3) is 3.39. The Morgan fingerprint density at radius 1 is 1.11 bits per heavy atom. The normalized spacial score (nSPS) is 12.4. The first-order valence-electron chi connectivity index (χ1n) is 5.97. The van der Waals surface area contributed by atoms with Crippen molar-refractivity contribution >= 4 is 15.9 Å². The number of likely N-dealkylation sites (N-methyl/N-ethyl adjacent to an activating group) is 1. The van der Waals surface area contributed by atoms with Gasteiger partial charge in [0.15, 0.2) is 0 Å². The van der Waals surface area contributed by atoms with Crippen LogP contribution >= 0.6 is 15.9 Å². The summed E-state index contributed by atoms with van der Waals surface area (Å²) in [5, 5.41) is 3.03. The van der Waals surface area contributed by atoms with E-state index >= 15 is 0 Å². The highest BCUT2D eigenvalue weighted by Crippen LogP contribution is 2.23. The van der Waals surface area contributed by atoms with E-state index in [4.69, 9.17) is 0 Å². The van der Waals surface area contributed by atoms with Crippen molar-refractivity contribution in [1.82, 2.24) is 5.32 Å². The van der Waals surface area contributed by atoms with Crippen LogP contribution in [-0.2, 0) is 6.42 Å². The van der Waals surface area contributed by atoms with Gasteiger partial charge in [-0.3, -0.25) is 0 Å². The van der Waals surface area contributed by atoms with Crippen LogP contribution in [0.4, 0.5) is 8.78 Å².